The average Bonchev–Trinajstić information content (AvgIpc) is 3.19. The molecule has 2 amide bonds. The molecule has 0 bridgehead atoms. The van der Waals surface area contributed by atoms with Crippen molar-refractivity contribution in [2.24, 2.45) is 0 Å². The smallest absolute Gasteiger partial charge is 0.409 e. The second-order valence-corrected chi connectivity index (χ2v) is 7.62. The number of ether oxygens (including phenoxy) is 1. The minimum atomic E-state index is -4.57. The molecule has 0 aliphatic carbocycles. The summed E-state index contributed by atoms with van der Waals surface area (Å²) in [5.74, 6) is -1.45. The van der Waals surface area contributed by atoms with E-state index >= 15 is 0 Å². The van der Waals surface area contributed by atoms with Crippen molar-refractivity contribution in [3.63, 3.8) is 0 Å². The molecule has 11 heteroatoms. The molecule has 30 heavy (non-hydrogen) atoms. The predicted molar refractivity (Wildman–Crippen MR) is 101 cm³/mol. The molecule has 2 aliphatic rings. The zero-order chi connectivity index (χ0) is 22.1. The summed E-state index contributed by atoms with van der Waals surface area (Å²) in [6.45, 7) is 0.942. The lowest BCUT2D eigenvalue weighted by Crippen LogP contribution is -2.55. The molecule has 162 valence electrons. The third-order valence-corrected chi connectivity index (χ3v) is 5.80. The summed E-state index contributed by atoms with van der Waals surface area (Å²) in [4.78, 5) is 27.3. The minimum absolute atomic E-state index is 0.0531. The van der Waals surface area contributed by atoms with E-state index in [0.717, 1.165) is 0 Å². The first-order valence-electron chi connectivity index (χ1n) is 9.29. The van der Waals surface area contributed by atoms with Crippen LogP contribution in [0.4, 0.5) is 18.0 Å². The summed E-state index contributed by atoms with van der Waals surface area (Å²) in [6, 6.07) is 3.13. The van der Waals surface area contributed by atoms with Gasteiger partial charge < -0.3 is 14.5 Å². The zero-order valence-electron chi connectivity index (χ0n) is 16.1. The van der Waals surface area contributed by atoms with Crippen molar-refractivity contribution in [2.75, 3.05) is 33.3 Å². The summed E-state index contributed by atoms with van der Waals surface area (Å²) in [5.41, 5.74) is 0.491. The highest BCUT2D eigenvalue weighted by atomic mass is 35.5. The van der Waals surface area contributed by atoms with Crippen LogP contribution in [0.5, 0.6) is 0 Å². The van der Waals surface area contributed by atoms with E-state index in [1.807, 2.05) is 6.07 Å². The quantitative estimate of drug-likeness (QED) is 0.757. The molecule has 7 nitrogen and oxygen atoms in total. The molecular formula is C19H20ClF3N4O3. The fourth-order valence-electron chi connectivity index (χ4n) is 3.93. The van der Waals surface area contributed by atoms with E-state index < -0.39 is 36.2 Å². The largest absolute Gasteiger partial charge is 0.453 e. The number of halogens is 4. The Hall–Kier alpha value is -2.51. The van der Waals surface area contributed by atoms with Crippen molar-refractivity contribution in [3.8, 4) is 6.07 Å². The van der Waals surface area contributed by atoms with Crippen LogP contribution in [0, 0.1) is 11.3 Å². The number of nitrogens with zero attached hydrogens (tertiary/aromatic N) is 3. The van der Waals surface area contributed by atoms with E-state index in [4.69, 9.17) is 16.9 Å². The molecule has 3 rings (SSSR count). The van der Waals surface area contributed by atoms with Crippen LogP contribution in [0.25, 0.3) is 0 Å². The number of carbonyl (C=O) groups excluding carboxylic acids is 2. The number of hydrogen-bond donors (Lipinski definition) is 1. The lowest BCUT2D eigenvalue weighted by Gasteiger charge is -2.35. The van der Waals surface area contributed by atoms with Crippen LogP contribution >= 0.6 is 11.6 Å². The number of hydrogen-bond acceptors (Lipinski definition) is 5. The Labute approximate surface area is 176 Å². The van der Waals surface area contributed by atoms with Crippen LogP contribution in [0.1, 0.15) is 23.5 Å². The first kappa shape index (κ1) is 22.2. The van der Waals surface area contributed by atoms with E-state index in [-0.39, 0.29) is 43.2 Å². The standard InChI is InChI=1S/C19H20ClF3N4O3/c1-30-18(29)27-6-4-26(5-7-27)17(28)15-9-13(16(25-15)19(21,22)23)11-2-3-12(10-24)14(20)8-11/h2-3,8,13,15-16,25H,4-7,9H2,1H3/t13?,15-,16+/m0/s1. The number of rotatable bonds is 2. The normalized spacial score (nSPS) is 24.5. The maximum atomic E-state index is 13.7. The third kappa shape index (κ3) is 4.47. The molecule has 1 N–H and O–H groups in total. The Morgan fingerprint density at radius 1 is 1.23 bits per heavy atom. The van der Waals surface area contributed by atoms with E-state index in [0.29, 0.717) is 5.56 Å². The number of nitrogens with one attached hydrogen (secondary N) is 1. The van der Waals surface area contributed by atoms with Gasteiger partial charge in [0.15, 0.2) is 0 Å². The molecule has 0 aromatic heterocycles. The van der Waals surface area contributed by atoms with Gasteiger partial charge in [0.2, 0.25) is 5.91 Å². The topological polar surface area (TPSA) is 85.7 Å². The van der Waals surface area contributed by atoms with Crippen molar-refractivity contribution in [2.45, 2.75) is 30.6 Å². The molecule has 0 radical (unpaired) electrons. The first-order chi connectivity index (χ1) is 14.2. The number of alkyl halides is 3. The number of methoxy groups -OCH3 is 1. The van der Waals surface area contributed by atoms with Crippen LogP contribution < -0.4 is 5.32 Å². The van der Waals surface area contributed by atoms with Gasteiger partial charge in [-0.25, -0.2) is 4.79 Å². The van der Waals surface area contributed by atoms with Crippen molar-refractivity contribution in [3.05, 3.63) is 34.3 Å². The highest BCUT2D eigenvalue weighted by Gasteiger charge is 2.52. The maximum Gasteiger partial charge on any atom is 0.409 e. The Morgan fingerprint density at radius 3 is 2.40 bits per heavy atom. The number of carbonyl (C=O) groups is 2. The summed E-state index contributed by atoms with van der Waals surface area (Å²) in [5, 5.41) is 11.5. The molecule has 3 atom stereocenters. The van der Waals surface area contributed by atoms with Gasteiger partial charge in [-0.1, -0.05) is 17.7 Å². The van der Waals surface area contributed by atoms with Gasteiger partial charge in [-0.15, -0.1) is 0 Å². The number of piperazine rings is 1. The SMILES string of the molecule is COC(=O)N1CCN(C(=O)[C@@H]2CC(c3ccc(C#N)c(Cl)c3)[C@H](C(F)(F)F)N2)CC1. The Morgan fingerprint density at radius 2 is 1.87 bits per heavy atom. The molecule has 2 aliphatic heterocycles. The van der Waals surface area contributed by atoms with E-state index in [9.17, 15) is 22.8 Å². The van der Waals surface area contributed by atoms with Gasteiger partial charge in [0.25, 0.3) is 0 Å². The molecular weight excluding hydrogens is 425 g/mol. The molecule has 1 aromatic carbocycles. The van der Waals surface area contributed by atoms with Crippen LogP contribution in [-0.2, 0) is 9.53 Å². The lowest BCUT2D eigenvalue weighted by molar-refractivity contribution is -0.156. The van der Waals surface area contributed by atoms with Gasteiger partial charge in [-0.05, 0) is 24.1 Å². The minimum Gasteiger partial charge on any atom is -0.453 e. The van der Waals surface area contributed by atoms with Crippen LogP contribution in [0.3, 0.4) is 0 Å². The number of benzene rings is 1. The van der Waals surface area contributed by atoms with Crippen molar-refractivity contribution in [1.82, 2.24) is 15.1 Å². The highest BCUT2D eigenvalue weighted by Crippen LogP contribution is 2.40. The Bertz CT molecular complexity index is 866. The molecule has 0 saturated carbocycles. The van der Waals surface area contributed by atoms with Crippen LogP contribution in [0.15, 0.2) is 18.2 Å². The molecule has 2 fully saturated rings. The molecule has 2 heterocycles. The van der Waals surface area contributed by atoms with Gasteiger partial charge in [0, 0.05) is 32.1 Å². The summed E-state index contributed by atoms with van der Waals surface area (Å²) >= 11 is 6.00. The third-order valence-electron chi connectivity index (χ3n) is 5.49. The molecule has 0 spiro atoms. The van der Waals surface area contributed by atoms with E-state index in [1.165, 1.54) is 35.1 Å². The van der Waals surface area contributed by atoms with Gasteiger partial charge in [-0.3, -0.25) is 10.1 Å². The van der Waals surface area contributed by atoms with Crippen molar-refractivity contribution >= 4 is 23.6 Å². The highest BCUT2D eigenvalue weighted by molar-refractivity contribution is 6.31. The number of nitriles is 1. The van der Waals surface area contributed by atoms with Gasteiger partial charge in [0.05, 0.1) is 23.7 Å². The number of amides is 2. The predicted octanol–water partition coefficient (Wildman–Crippen LogP) is 2.50. The molecule has 2 saturated heterocycles. The van der Waals surface area contributed by atoms with Crippen LogP contribution in [-0.4, -0.2) is 73.3 Å². The van der Waals surface area contributed by atoms with E-state index in [1.54, 1.807) is 0 Å². The van der Waals surface area contributed by atoms with Gasteiger partial charge >= 0.3 is 12.3 Å². The van der Waals surface area contributed by atoms with Gasteiger partial charge in [-0.2, -0.15) is 18.4 Å². The fraction of sp³-hybridized carbons (Fsp3) is 0.526. The van der Waals surface area contributed by atoms with Crippen molar-refractivity contribution in [1.29, 1.82) is 5.26 Å². The lowest BCUT2D eigenvalue weighted by atomic mass is 9.89. The summed E-state index contributed by atoms with van der Waals surface area (Å²) < 4.78 is 45.7. The fourth-order valence-corrected chi connectivity index (χ4v) is 4.16. The first-order valence-corrected chi connectivity index (χ1v) is 9.67. The van der Waals surface area contributed by atoms with Crippen LogP contribution in [0.2, 0.25) is 5.02 Å². The van der Waals surface area contributed by atoms with Gasteiger partial charge in [0.1, 0.15) is 12.1 Å². The Balaban J connectivity index is 1.75. The average molecular weight is 445 g/mol. The summed E-state index contributed by atoms with van der Waals surface area (Å²) in [7, 11) is 1.26. The summed E-state index contributed by atoms with van der Waals surface area (Å²) in [6.07, 6.45) is -5.12. The molecule has 1 aromatic rings. The van der Waals surface area contributed by atoms with Crippen molar-refractivity contribution < 1.29 is 27.5 Å². The zero-order valence-corrected chi connectivity index (χ0v) is 16.8. The maximum absolute atomic E-state index is 13.7. The second-order valence-electron chi connectivity index (χ2n) is 7.21. The Kier molecular flexibility index (Phi) is 6.43. The monoisotopic (exact) mass is 444 g/mol. The second kappa shape index (κ2) is 8.70. The van der Waals surface area contributed by atoms with E-state index in [2.05, 4.69) is 10.1 Å². The molecule has 1 unspecified atom stereocenters.